The summed E-state index contributed by atoms with van der Waals surface area (Å²) < 4.78 is 12.2. The van der Waals surface area contributed by atoms with Crippen LogP contribution in [0.15, 0.2) is 11.6 Å². The molecule has 0 aromatic heterocycles. The SMILES string of the molecule is CC1(C)CC[C@]2(C(=O)O)[C@H](O)C[C@]3(C)C(=CC[C@@H]4[C@@]5(C)CC[C@H](O[C@@H]6O[C@H](CO)[C@@H](O)[C@H](O)[C@H]6O)C(C)(C)C5CC[C@]43C)[C@H]2C1. The Morgan fingerprint density at radius 2 is 1.58 bits per heavy atom. The minimum absolute atomic E-state index is 0.0210. The fraction of sp³-hybridized carbons (Fsp3) is 0.917. The highest BCUT2D eigenvalue weighted by molar-refractivity contribution is 5.77. The van der Waals surface area contributed by atoms with Crippen molar-refractivity contribution in [2.24, 2.45) is 50.2 Å². The highest BCUT2D eigenvalue weighted by Gasteiger charge is 2.71. The van der Waals surface area contributed by atoms with Gasteiger partial charge in [0.05, 0.1) is 18.8 Å². The molecule has 0 amide bonds. The van der Waals surface area contributed by atoms with Crippen LogP contribution < -0.4 is 0 Å². The number of carbonyl (C=O) groups is 1. The zero-order valence-corrected chi connectivity index (χ0v) is 28.3. The lowest BCUT2D eigenvalue weighted by Crippen LogP contribution is -2.68. The van der Waals surface area contributed by atoms with E-state index in [4.69, 9.17) is 9.47 Å². The van der Waals surface area contributed by atoms with Crippen LogP contribution in [0.4, 0.5) is 0 Å². The molecule has 5 fully saturated rings. The Morgan fingerprint density at radius 3 is 2.22 bits per heavy atom. The van der Waals surface area contributed by atoms with Gasteiger partial charge in [0.2, 0.25) is 0 Å². The van der Waals surface area contributed by atoms with Gasteiger partial charge in [-0.1, -0.05) is 60.1 Å². The van der Waals surface area contributed by atoms with Crippen LogP contribution in [-0.4, -0.2) is 86.1 Å². The van der Waals surface area contributed by atoms with Gasteiger partial charge in [0, 0.05) is 0 Å². The predicted octanol–water partition coefficient (Wildman–Crippen LogP) is 4.03. The fourth-order valence-corrected chi connectivity index (χ4v) is 12.3. The fourth-order valence-electron chi connectivity index (χ4n) is 12.3. The maximum absolute atomic E-state index is 13.0. The van der Waals surface area contributed by atoms with Gasteiger partial charge in [-0.2, -0.15) is 0 Å². The van der Waals surface area contributed by atoms with E-state index in [0.717, 1.165) is 44.9 Å². The van der Waals surface area contributed by atoms with Crippen molar-refractivity contribution < 1.29 is 44.9 Å². The molecule has 6 N–H and O–H groups in total. The molecule has 6 aliphatic rings. The first-order valence-corrected chi connectivity index (χ1v) is 17.4. The third-order valence-corrected chi connectivity index (χ3v) is 15.2. The van der Waals surface area contributed by atoms with E-state index in [0.29, 0.717) is 24.7 Å². The van der Waals surface area contributed by atoms with Crippen molar-refractivity contribution >= 4 is 5.97 Å². The van der Waals surface area contributed by atoms with E-state index in [2.05, 4.69) is 54.5 Å². The summed E-state index contributed by atoms with van der Waals surface area (Å²) in [5.41, 5.74) is -0.571. The zero-order valence-electron chi connectivity index (χ0n) is 28.3. The van der Waals surface area contributed by atoms with E-state index in [1.165, 1.54) is 5.57 Å². The van der Waals surface area contributed by atoms with Gasteiger partial charge in [-0.05, 0) is 103 Å². The molecule has 0 aromatic rings. The number of aliphatic carboxylic acids is 1. The average Bonchev–Trinajstić information content (AvgIpc) is 2.94. The normalized spacial score (nSPS) is 53.6. The lowest BCUT2D eigenvalue weighted by atomic mass is 9.33. The van der Waals surface area contributed by atoms with Gasteiger partial charge in [0.15, 0.2) is 6.29 Å². The Hall–Kier alpha value is -1.07. The van der Waals surface area contributed by atoms with Crippen molar-refractivity contribution in [2.45, 2.75) is 149 Å². The number of carboxylic acids is 1. The summed E-state index contributed by atoms with van der Waals surface area (Å²) in [4.78, 5) is 13.0. The maximum atomic E-state index is 13.0. The molecule has 1 heterocycles. The first-order valence-electron chi connectivity index (χ1n) is 17.4. The maximum Gasteiger partial charge on any atom is 0.312 e. The van der Waals surface area contributed by atoms with E-state index in [1.54, 1.807) is 0 Å². The van der Waals surface area contributed by atoms with Crippen LogP contribution >= 0.6 is 0 Å². The molecule has 9 heteroatoms. The molecule has 0 bridgehead atoms. The third kappa shape index (κ3) is 4.54. The van der Waals surface area contributed by atoms with Gasteiger partial charge in [-0.25, -0.2) is 0 Å². The number of aliphatic hydroxyl groups excluding tert-OH is 5. The number of carboxylic acid groups (broad SMARTS) is 1. The Labute approximate surface area is 268 Å². The smallest absolute Gasteiger partial charge is 0.312 e. The largest absolute Gasteiger partial charge is 0.481 e. The molecule has 45 heavy (non-hydrogen) atoms. The minimum atomic E-state index is -1.47. The molecule has 0 spiro atoms. The summed E-state index contributed by atoms with van der Waals surface area (Å²) in [5, 5.41) is 63.5. The molecule has 0 aromatic carbocycles. The number of aliphatic hydroxyl groups is 5. The molecular formula is C36H58O9. The molecule has 1 saturated heterocycles. The topological polar surface area (TPSA) is 157 Å². The van der Waals surface area contributed by atoms with E-state index < -0.39 is 54.8 Å². The van der Waals surface area contributed by atoms with Crippen molar-refractivity contribution in [2.75, 3.05) is 6.61 Å². The third-order valence-electron chi connectivity index (χ3n) is 15.2. The Morgan fingerprint density at radius 1 is 0.889 bits per heavy atom. The lowest BCUT2D eigenvalue weighted by molar-refractivity contribution is -0.330. The van der Waals surface area contributed by atoms with Gasteiger partial charge in [0.1, 0.15) is 29.8 Å². The van der Waals surface area contributed by atoms with Crippen LogP contribution in [-0.2, 0) is 14.3 Å². The standard InChI is InChI=1S/C36H58O9/c1-31(2)14-15-36(30(42)43)20(16-31)19-8-9-23-33(5)12-11-25(45-29-28(41)27(40)26(39)21(18-37)44-29)32(3,4)22(33)10-13-34(23,6)35(19,7)17-24(36)38/h8,20-29,37-41H,9-18H2,1-7H3,(H,42,43)/t20-,21-,22?,23-,24-,25+,26-,27+,28-,29+,33+,34-,35-,36-/m1/s1. The number of ether oxygens (including phenoxy) is 2. The Balaban J connectivity index is 1.31. The molecule has 14 atom stereocenters. The van der Waals surface area contributed by atoms with Crippen LogP contribution in [0.5, 0.6) is 0 Å². The zero-order chi connectivity index (χ0) is 33.1. The summed E-state index contributed by atoms with van der Waals surface area (Å²) in [6.45, 7) is 15.6. The summed E-state index contributed by atoms with van der Waals surface area (Å²) in [6, 6.07) is 0. The summed E-state index contributed by atoms with van der Waals surface area (Å²) in [5.74, 6) is -0.382. The first kappa shape index (κ1) is 33.8. The molecule has 5 aliphatic carbocycles. The van der Waals surface area contributed by atoms with Crippen LogP contribution in [0.2, 0.25) is 0 Å². The van der Waals surface area contributed by atoms with Crippen molar-refractivity contribution in [3.8, 4) is 0 Å². The number of rotatable bonds is 4. The number of hydrogen-bond acceptors (Lipinski definition) is 8. The highest BCUT2D eigenvalue weighted by Crippen LogP contribution is 2.76. The molecule has 9 nitrogen and oxygen atoms in total. The quantitative estimate of drug-likeness (QED) is 0.199. The highest BCUT2D eigenvalue weighted by atomic mass is 16.7. The second kappa shape index (κ2) is 10.7. The van der Waals surface area contributed by atoms with Crippen molar-refractivity contribution in [3.63, 3.8) is 0 Å². The molecule has 256 valence electrons. The number of allylic oxidation sites excluding steroid dienone is 2. The molecule has 0 radical (unpaired) electrons. The van der Waals surface area contributed by atoms with Gasteiger partial charge in [0.25, 0.3) is 0 Å². The van der Waals surface area contributed by atoms with E-state index >= 15 is 0 Å². The second-order valence-electron chi connectivity index (χ2n) is 18.0. The second-order valence-corrected chi connectivity index (χ2v) is 18.0. The molecule has 6 rings (SSSR count). The lowest BCUT2D eigenvalue weighted by Gasteiger charge is -2.71. The Bertz CT molecular complexity index is 1210. The molecule has 1 unspecified atom stereocenters. The average molecular weight is 635 g/mol. The van der Waals surface area contributed by atoms with Crippen molar-refractivity contribution in [3.05, 3.63) is 11.6 Å². The monoisotopic (exact) mass is 634 g/mol. The Kier molecular flexibility index (Phi) is 8.05. The van der Waals surface area contributed by atoms with Gasteiger partial charge >= 0.3 is 5.97 Å². The minimum Gasteiger partial charge on any atom is -0.481 e. The van der Waals surface area contributed by atoms with Crippen LogP contribution in [0.1, 0.15) is 106 Å². The van der Waals surface area contributed by atoms with Gasteiger partial charge in [-0.3, -0.25) is 4.79 Å². The van der Waals surface area contributed by atoms with Gasteiger partial charge < -0.3 is 40.1 Å². The van der Waals surface area contributed by atoms with Crippen LogP contribution in [0.3, 0.4) is 0 Å². The van der Waals surface area contributed by atoms with Gasteiger partial charge in [-0.15, -0.1) is 0 Å². The number of fused-ring (bicyclic) bond motifs is 7. The predicted molar refractivity (Wildman–Crippen MR) is 167 cm³/mol. The molecule has 1 aliphatic heterocycles. The van der Waals surface area contributed by atoms with E-state index in [9.17, 15) is 35.4 Å². The van der Waals surface area contributed by atoms with E-state index in [1.807, 2.05) is 0 Å². The van der Waals surface area contributed by atoms with Crippen LogP contribution in [0, 0.1) is 50.2 Å². The molecular weight excluding hydrogens is 576 g/mol. The van der Waals surface area contributed by atoms with Crippen molar-refractivity contribution in [1.82, 2.24) is 0 Å². The number of hydrogen-bond donors (Lipinski definition) is 6. The molecule has 4 saturated carbocycles. The summed E-state index contributed by atoms with van der Waals surface area (Å²) in [7, 11) is 0. The first-order chi connectivity index (χ1) is 20.8. The van der Waals surface area contributed by atoms with E-state index in [-0.39, 0.29) is 39.1 Å². The van der Waals surface area contributed by atoms with Crippen LogP contribution in [0.25, 0.3) is 0 Å². The summed E-state index contributed by atoms with van der Waals surface area (Å²) in [6.07, 6.45) is 1.79. The summed E-state index contributed by atoms with van der Waals surface area (Å²) >= 11 is 0. The van der Waals surface area contributed by atoms with Crippen molar-refractivity contribution in [1.29, 1.82) is 0 Å².